The van der Waals surface area contributed by atoms with E-state index in [1.54, 1.807) is 0 Å². The fraction of sp³-hybridized carbons (Fsp3) is 0.500. The normalized spacial score (nSPS) is 16.5. The van der Waals surface area contributed by atoms with Gasteiger partial charge in [0.15, 0.2) is 0 Å². The first-order valence-electron chi connectivity index (χ1n) is 4.91. The summed E-state index contributed by atoms with van der Waals surface area (Å²) in [6.45, 7) is 3.60. The van der Waals surface area contributed by atoms with Crippen LogP contribution in [0.25, 0.3) is 0 Å². The van der Waals surface area contributed by atoms with E-state index >= 15 is 0 Å². The van der Waals surface area contributed by atoms with E-state index in [1.165, 1.54) is 12.4 Å². The molecule has 80 valence electrons. The van der Waals surface area contributed by atoms with Crippen LogP contribution < -0.4 is 15.7 Å². The minimum atomic E-state index is -1.50. The van der Waals surface area contributed by atoms with Crippen LogP contribution in [0.4, 0.5) is 5.95 Å². The highest BCUT2D eigenvalue weighted by atomic mass is 16.4. The second-order valence-electron chi connectivity index (χ2n) is 3.43. The summed E-state index contributed by atoms with van der Waals surface area (Å²) in [5.41, 5.74) is 0.314. The first kappa shape index (κ1) is 10.3. The number of aromatic nitrogens is 2. The second kappa shape index (κ2) is 4.56. The molecule has 3 N–H and O–H groups in total. The van der Waals surface area contributed by atoms with Crippen LogP contribution in [-0.4, -0.2) is 53.3 Å². The molecule has 2 rings (SSSR count). The van der Waals surface area contributed by atoms with Gasteiger partial charge in [-0.3, -0.25) is 0 Å². The quantitative estimate of drug-likeness (QED) is 0.469. The molecule has 1 saturated heterocycles. The lowest BCUT2D eigenvalue weighted by Crippen LogP contribution is -2.44. The van der Waals surface area contributed by atoms with Crippen LogP contribution in [0.2, 0.25) is 0 Å². The molecular formula is C8H13BN4O2. The molecule has 0 spiro atoms. The molecule has 1 aromatic heterocycles. The largest absolute Gasteiger partial charge is 0.491 e. The lowest BCUT2D eigenvalue weighted by Gasteiger charge is -2.27. The van der Waals surface area contributed by atoms with Crippen LogP contribution in [-0.2, 0) is 0 Å². The van der Waals surface area contributed by atoms with Gasteiger partial charge in [0.1, 0.15) is 0 Å². The summed E-state index contributed by atoms with van der Waals surface area (Å²) in [7, 11) is -1.50. The summed E-state index contributed by atoms with van der Waals surface area (Å²) < 4.78 is 0. The zero-order chi connectivity index (χ0) is 10.7. The molecule has 0 aromatic carbocycles. The van der Waals surface area contributed by atoms with Crippen molar-refractivity contribution in [3.8, 4) is 0 Å². The maximum Gasteiger partial charge on any atom is 0.491 e. The van der Waals surface area contributed by atoms with Gasteiger partial charge >= 0.3 is 7.12 Å². The Kier molecular flexibility index (Phi) is 3.15. The van der Waals surface area contributed by atoms with Gasteiger partial charge in [-0.15, -0.1) is 0 Å². The Morgan fingerprint density at radius 3 is 2.33 bits per heavy atom. The van der Waals surface area contributed by atoms with Crippen molar-refractivity contribution < 1.29 is 10.0 Å². The Morgan fingerprint density at radius 1 is 1.20 bits per heavy atom. The molecule has 1 aliphatic rings. The molecule has 15 heavy (non-hydrogen) atoms. The number of nitrogens with zero attached hydrogens (tertiary/aromatic N) is 3. The van der Waals surface area contributed by atoms with E-state index < -0.39 is 7.12 Å². The number of anilines is 1. The average Bonchev–Trinajstić information content (AvgIpc) is 2.30. The summed E-state index contributed by atoms with van der Waals surface area (Å²) in [5, 5.41) is 21.0. The molecule has 0 amide bonds. The van der Waals surface area contributed by atoms with Crippen LogP contribution in [0.5, 0.6) is 0 Å². The first-order valence-corrected chi connectivity index (χ1v) is 4.91. The number of hydrogen-bond donors (Lipinski definition) is 3. The Morgan fingerprint density at radius 2 is 1.80 bits per heavy atom. The lowest BCUT2D eigenvalue weighted by molar-refractivity contribution is 0.425. The van der Waals surface area contributed by atoms with E-state index in [2.05, 4.69) is 20.2 Å². The molecule has 0 atom stereocenters. The molecule has 1 aliphatic heterocycles. The number of hydrogen-bond acceptors (Lipinski definition) is 6. The summed E-state index contributed by atoms with van der Waals surface area (Å²) in [4.78, 5) is 10.2. The standard InChI is InChI=1S/C8H13BN4O2/c14-9(15)7-5-11-8(12-6-7)13-3-1-10-2-4-13/h5-6,10,14-15H,1-4H2. The van der Waals surface area contributed by atoms with Gasteiger partial charge in [0.2, 0.25) is 5.95 Å². The summed E-state index contributed by atoms with van der Waals surface area (Å²) in [6.07, 6.45) is 2.88. The minimum Gasteiger partial charge on any atom is -0.423 e. The van der Waals surface area contributed by atoms with Gasteiger partial charge in [-0.1, -0.05) is 0 Å². The molecular weight excluding hydrogens is 195 g/mol. The van der Waals surface area contributed by atoms with Gasteiger partial charge in [0.25, 0.3) is 0 Å². The van der Waals surface area contributed by atoms with Gasteiger partial charge in [-0.25, -0.2) is 9.97 Å². The summed E-state index contributed by atoms with van der Waals surface area (Å²) in [5.74, 6) is 0.640. The van der Waals surface area contributed by atoms with Crippen molar-refractivity contribution in [3.05, 3.63) is 12.4 Å². The fourth-order valence-electron chi connectivity index (χ4n) is 1.49. The van der Waals surface area contributed by atoms with Crippen molar-refractivity contribution in [2.24, 2.45) is 0 Å². The lowest BCUT2D eigenvalue weighted by atomic mass is 9.83. The topological polar surface area (TPSA) is 81.5 Å². The van der Waals surface area contributed by atoms with Crippen molar-refractivity contribution in [1.82, 2.24) is 15.3 Å². The minimum absolute atomic E-state index is 0.314. The Balaban J connectivity index is 2.08. The van der Waals surface area contributed by atoms with Gasteiger partial charge < -0.3 is 20.3 Å². The zero-order valence-electron chi connectivity index (χ0n) is 8.30. The predicted molar refractivity (Wildman–Crippen MR) is 56.9 cm³/mol. The van der Waals surface area contributed by atoms with Gasteiger partial charge in [0.05, 0.1) is 0 Å². The molecule has 7 heteroatoms. The Bertz CT molecular complexity index is 313. The molecule has 0 saturated carbocycles. The smallest absolute Gasteiger partial charge is 0.423 e. The third kappa shape index (κ3) is 2.44. The van der Waals surface area contributed by atoms with Crippen molar-refractivity contribution in [3.63, 3.8) is 0 Å². The van der Waals surface area contributed by atoms with Crippen LogP contribution in [0.15, 0.2) is 12.4 Å². The highest BCUT2D eigenvalue weighted by Gasteiger charge is 2.15. The summed E-state index contributed by atoms with van der Waals surface area (Å²) >= 11 is 0. The third-order valence-electron chi connectivity index (χ3n) is 2.36. The van der Waals surface area contributed by atoms with Crippen molar-refractivity contribution in [1.29, 1.82) is 0 Å². The van der Waals surface area contributed by atoms with Crippen LogP contribution in [0.1, 0.15) is 0 Å². The van der Waals surface area contributed by atoms with Crippen LogP contribution >= 0.6 is 0 Å². The van der Waals surface area contributed by atoms with Crippen LogP contribution in [0, 0.1) is 0 Å². The van der Waals surface area contributed by atoms with Crippen molar-refractivity contribution in [2.45, 2.75) is 0 Å². The molecule has 0 radical (unpaired) electrons. The van der Waals surface area contributed by atoms with Crippen molar-refractivity contribution in [2.75, 3.05) is 31.1 Å². The van der Waals surface area contributed by atoms with Gasteiger partial charge in [-0.05, 0) is 0 Å². The second-order valence-corrected chi connectivity index (χ2v) is 3.43. The van der Waals surface area contributed by atoms with E-state index in [9.17, 15) is 0 Å². The molecule has 1 aromatic rings. The maximum atomic E-state index is 8.88. The number of nitrogens with one attached hydrogen (secondary N) is 1. The Hall–Kier alpha value is -1.18. The molecule has 0 aliphatic carbocycles. The third-order valence-corrected chi connectivity index (χ3v) is 2.36. The fourth-order valence-corrected chi connectivity index (χ4v) is 1.49. The average molecular weight is 208 g/mol. The molecule has 0 unspecified atom stereocenters. The Labute approximate surface area is 88.1 Å². The summed E-state index contributed by atoms with van der Waals surface area (Å²) in [6, 6.07) is 0. The van der Waals surface area contributed by atoms with E-state index in [1.807, 2.05) is 0 Å². The molecule has 1 fully saturated rings. The zero-order valence-corrected chi connectivity index (χ0v) is 8.30. The first-order chi connectivity index (χ1) is 7.27. The maximum absolute atomic E-state index is 8.88. The highest BCUT2D eigenvalue weighted by Crippen LogP contribution is 2.04. The number of rotatable bonds is 2. The van der Waals surface area contributed by atoms with Gasteiger partial charge in [-0.2, -0.15) is 0 Å². The van der Waals surface area contributed by atoms with E-state index in [4.69, 9.17) is 10.0 Å². The van der Waals surface area contributed by atoms with Gasteiger partial charge in [0, 0.05) is 44.0 Å². The molecule has 2 heterocycles. The SMILES string of the molecule is OB(O)c1cnc(N2CCNCC2)nc1. The monoisotopic (exact) mass is 208 g/mol. The van der Waals surface area contributed by atoms with Crippen molar-refractivity contribution >= 4 is 18.5 Å². The number of piperazine rings is 1. The molecule has 0 bridgehead atoms. The van der Waals surface area contributed by atoms with E-state index in [-0.39, 0.29) is 0 Å². The highest BCUT2D eigenvalue weighted by molar-refractivity contribution is 6.58. The van der Waals surface area contributed by atoms with Crippen LogP contribution in [0.3, 0.4) is 0 Å². The van der Waals surface area contributed by atoms with E-state index in [0.717, 1.165) is 26.2 Å². The van der Waals surface area contributed by atoms with E-state index in [0.29, 0.717) is 11.4 Å². The molecule has 6 nitrogen and oxygen atoms in total. The predicted octanol–water partition coefficient (Wildman–Crippen LogP) is -2.43.